The molecule has 0 aliphatic carbocycles. The summed E-state index contributed by atoms with van der Waals surface area (Å²) in [7, 11) is 0. The quantitative estimate of drug-likeness (QED) is 0.640. The van der Waals surface area contributed by atoms with Crippen molar-refractivity contribution in [2.45, 2.75) is 32.4 Å². The number of nitrogen functional groups attached to an aromatic ring is 1. The molecule has 0 spiro atoms. The minimum atomic E-state index is -0.618. The highest BCUT2D eigenvalue weighted by Crippen LogP contribution is 2.29. The van der Waals surface area contributed by atoms with Gasteiger partial charge in [-0.15, -0.1) is 0 Å². The highest BCUT2D eigenvalue weighted by atomic mass is 35.5. The van der Waals surface area contributed by atoms with E-state index in [-0.39, 0.29) is 22.4 Å². The number of aryl methyl sites for hydroxylation is 1. The van der Waals surface area contributed by atoms with Crippen molar-refractivity contribution in [2.75, 3.05) is 30.8 Å². The number of aromatic nitrogens is 3. The Hall–Kier alpha value is -2.65. The molecule has 2 aliphatic heterocycles. The topological polar surface area (TPSA) is 124 Å². The fraction of sp³-hybridized carbons (Fsp3) is 0.474. The van der Waals surface area contributed by atoms with Crippen LogP contribution in [0.5, 0.6) is 0 Å². The molecule has 1 fully saturated rings. The van der Waals surface area contributed by atoms with E-state index in [4.69, 9.17) is 22.1 Å². The normalized spacial score (nSPS) is 18.2. The van der Waals surface area contributed by atoms with Gasteiger partial charge in [0, 0.05) is 24.7 Å². The molecule has 10 heteroatoms. The first-order valence-electron chi connectivity index (χ1n) is 9.56. The van der Waals surface area contributed by atoms with E-state index in [9.17, 15) is 9.59 Å². The number of fused-ring (bicyclic) bond motifs is 1. The molecule has 2 aromatic heterocycles. The third-order valence-electron chi connectivity index (χ3n) is 5.36. The van der Waals surface area contributed by atoms with Gasteiger partial charge >= 0.3 is 0 Å². The maximum absolute atomic E-state index is 13.0. The second-order valence-corrected chi connectivity index (χ2v) is 7.77. The molecule has 4 rings (SSSR count). The molecule has 4 N–H and O–H groups in total. The van der Waals surface area contributed by atoms with E-state index in [0.717, 1.165) is 11.3 Å². The summed E-state index contributed by atoms with van der Waals surface area (Å²) < 4.78 is 6.61. The molecule has 2 aliphatic rings. The van der Waals surface area contributed by atoms with Crippen molar-refractivity contribution in [1.29, 1.82) is 0 Å². The molecule has 0 bridgehead atoms. The third kappa shape index (κ3) is 3.92. The molecule has 4 heterocycles. The van der Waals surface area contributed by atoms with Gasteiger partial charge in [-0.3, -0.25) is 14.2 Å². The standard InChI is InChI=1S/C19H23ClN6O3/c1-10-12(2-5-15(21)24-10)7-23-18(27)14-4-3-13-16(20)25-17(19(28)26(13)14)22-6-11-8-29-9-11/h2,5,11,14H,3-4,6-9H2,1H3,(H2,21,24)(H,22,25)(H,23,27)/t14-/m0/s1. The number of amides is 1. The Bertz CT molecular complexity index is 1000. The molecule has 9 nitrogen and oxygen atoms in total. The molecule has 0 saturated carbocycles. The minimum Gasteiger partial charge on any atom is -0.384 e. The number of carbonyl (C=O) groups is 1. The third-order valence-corrected chi connectivity index (χ3v) is 5.67. The number of halogens is 1. The van der Waals surface area contributed by atoms with Crippen molar-refractivity contribution < 1.29 is 9.53 Å². The van der Waals surface area contributed by atoms with Crippen LogP contribution in [0.1, 0.15) is 29.4 Å². The van der Waals surface area contributed by atoms with Crippen molar-refractivity contribution in [3.8, 4) is 0 Å². The molecular weight excluding hydrogens is 396 g/mol. The van der Waals surface area contributed by atoms with Crippen LogP contribution in [0.4, 0.5) is 11.6 Å². The average molecular weight is 419 g/mol. The van der Waals surface area contributed by atoms with E-state index in [1.165, 1.54) is 4.57 Å². The largest absolute Gasteiger partial charge is 0.384 e. The lowest BCUT2D eigenvalue weighted by molar-refractivity contribution is -0.124. The molecule has 29 heavy (non-hydrogen) atoms. The van der Waals surface area contributed by atoms with Crippen molar-refractivity contribution in [2.24, 2.45) is 5.92 Å². The SMILES string of the molecule is Cc1nc(N)ccc1CNC(=O)[C@@H]1CCc2c(Cl)nc(NCC3COC3)c(=O)n21. The highest BCUT2D eigenvalue weighted by molar-refractivity contribution is 6.30. The van der Waals surface area contributed by atoms with Gasteiger partial charge < -0.3 is 21.1 Å². The van der Waals surface area contributed by atoms with Crippen LogP contribution in [0, 0.1) is 12.8 Å². The zero-order chi connectivity index (χ0) is 20.5. The number of ether oxygens (including phenoxy) is 1. The Morgan fingerprint density at radius 3 is 2.86 bits per heavy atom. The van der Waals surface area contributed by atoms with E-state index in [2.05, 4.69) is 20.6 Å². The van der Waals surface area contributed by atoms with Gasteiger partial charge in [0.15, 0.2) is 11.0 Å². The monoisotopic (exact) mass is 418 g/mol. The van der Waals surface area contributed by atoms with Crippen molar-refractivity contribution in [1.82, 2.24) is 19.9 Å². The maximum Gasteiger partial charge on any atom is 0.294 e. The molecule has 0 aromatic carbocycles. The lowest BCUT2D eigenvalue weighted by Gasteiger charge is -2.26. The summed E-state index contributed by atoms with van der Waals surface area (Å²) in [4.78, 5) is 34.2. The van der Waals surface area contributed by atoms with E-state index in [0.29, 0.717) is 56.6 Å². The summed E-state index contributed by atoms with van der Waals surface area (Å²) >= 11 is 6.30. The zero-order valence-electron chi connectivity index (χ0n) is 16.1. The Morgan fingerprint density at radius 1 is 1.38 bits per heavy atom. The second-order valence-electron chi connectivity index (χ2n) is 7.41. The predicted molar refractivity (Wildman–Crippen MR) is 109 cm³/mol. The first-order chi connectivity index (χ1) is 13.9. The number of rotatable bonds is 6. The number of nitrogens with two attached hydrogens (primary N) is 1. The lowest BCUT2D eigenvalue weighted by Crippen LogP contribution is -2.38. The van der Waals surface area contributed by atoms with Gasteiger partial charge in [0.05, 0.1) is 18.9 Å². The zero-order valence-corrected chi connectivity index (χ0v) is 16.8. The van der Waals surface area contributed by atoms with Crippen LogP contribution < -0.4 is 21.9 Å². The lowest BCUT2D eigenvalue weighted by atomic mass is 10.1. The van der Waals surface area contributed by atoms with Crippen LogP contribution in [0.25, 0.3) is 0 Å². The molecule has 0 unspecified atom stereocenters. The summed E-state index contributed by atoms with van der Waals surface area (Å²) in [5.74, 6) is 0.722. The second kappa shape index (κ2) is 8.00. The molecular formula is C19H23ClN6O3. The molecule has 1 saturated heterocycles. The fourth-order valence-electron chi connectivity index (χ4n) is 3.61. The predicted octanol–water partition coefficient (Wildman–Crippen LogP) is 1.04. The minimum absolute atomic E-state index is 0.170. The summed E-state index contributed by atoms with van der Waals surface area (Å²) in [6.07, 6.45) is 1.03. The first kappa shape index (κ1) is 19.7. The summed E-state index contributed by atoms with van der Waals surface area (Å²) in [6, 6.07) is 2.91. The summed E-state index contributed by atoms with van der Waals surface area (Å²) in [6.45, 7) is 4.06. The van der Waals surface area contributed by atoms with Crippen molar-refractivity contribution >= 4 is 29.1 Å². The van der Waals surface area contributed by atoms with Gasteiger partial charge in [-0.25, -0.2) is 9.97 Å². The van der Waals surface area contributed by atoms with Gasteiger partial charge in [0.25, 0.3) is 5.56 Å². The van der Waals surface area contributed by atoms with Gasteiger partial charge in [-0.2, -0.15) is 0 Å². The fourth-order valence-corrected chi connectivity index (χ4v) is 3.88. The van der Waals surface area contributed by atoms with E-state index >= 15 is 0 Å². The molecule has 0 radical (unpaired) electrons. The number of anilines is 2. The van der Waals surface area contributed by atoms with Crippen molar-refractivity contribution in [3.63, 3.8) is 0 Å². The van der Waals surface area contributed by atoms with Crippen LogP contribution >= 0.6 is 11.6 Å². The average Bonchev–Trinajstić information content (AvgIpc) is 3.09. The van der Waals surface area contributed by atoms with Gasteiger partial charge in [0.2, 0.25) is 5.91 Å². The Labute approximate surface area is 172 Å². The van der Waals surface area contributed by atoms with Crippen LogP contribution in [-0.2, 0) is 22.5 Å². The number of carbonyl (C=O) groups excluding carboxylic acids is 1. The Balaban J connectivity index is 1.51. The number of nitrogens with zero attached hydrogens (tertiary/aromatic N) is 3. The van der Waals surface area contributed by atoms with Gasteiger partial charge in [-0.05, 0) is 31.4 Å². The first-order valence-corrected chi connectivity index (χ1v) is 9.94. The summed E-state index contributed by atoms with van der Waals surface area (Å²) in [5, 5.41) is 6.21. The maximum atomic E-state index is 13.0. The number of nitrogens with one attached hydrogen (secondary N) is 2. The van der Waals surface area contributed by atoms with Crippen molar-refractivity contribution in [3.05, 3.63) is 44.6 Å². The number of pyridine rings is 1. The summed E-state index contributed by atoms with van der Waals surface area (Å²) in [5.41, 5.74) is 7.57. The molecule has 1 amide bonds. The van der Waals surface area contributed by atoms with E-state index in [1.54, 1.807) is 6.07 Å². The Morgan fingerprint density at radius 2 is 2.17 bits per heavy atom. The van der Waals surface area contributed by atoms with Gasteiger partial charge in [0.1, 0.15) is 11.9 Å². The molecule has 2 aromatic rings. The van der Waals surface area contributed by atoms with E-state index < -0.39 is 6.04 Å². The smallest absolute Gasteiger partial charge is 0.294 e. The van der Waals surface area contributed by atoms with Crippen LogP contribution in [-0.4, -0.2) is 40.2 Å². The van der Waals surface area contributed by atoms with Crippen LogP contribution in [0.2, 0.25) is 5.15 Å². The van der Waals surface area contributed by atoms with Crippen LogP contribution in [0.15, 0.2) is 16.9 Å². The molecule has 154 valence electrons. The number of hydrogen-bond acceptors (Lipinski definition) is 7. The highest BCUT2D eigenvalue weighted by Gasteiger charge is 2.33. The van der Waals surface area contributed by atoms with Crippen LogP contribution in [0.3, 0.4) is 0 Å². The molecule has 1 atom stereocenters. The van der Waals surface area contributed by atoms with Gasteiger partial charge in [-0.1, -0.05) is 17.7 Å². The van der Waals surface area contributed by atoms with E-state index in [1.807, 2.05) is 13.0 Å². The Kier molecular flexibility index (Phi) is 5.42. The number of hydrogen-bond donors (Lipinski definition) is 3.